The molecule has 0 unspecified atom stereocenters. The molecular formula is C24H29NO5. The van der Waals surface area contributed by atoms with Crippen LogP contribution in [0.4, 0.5) is 5.69 Å². The summed E-state index contributed by atoms with van der Waals surface area (Å²) in [5.74, 6) is 0.649. The number of methoxy groups -OCH3 is 2. The third-order valence-electron chi connectivity index (χ3n) is 5.64. The molecule has 0 radical (unpaired) electrons. The largest absolute Gasteiger partial charge is 0.497 e. The summed E-state index contributed by atoms with van der Waals surface area (Å²) in [7, 11) is 2.95. The summed E-state index contributed by atoms with van der Waals surface area (Å²) >= 11 is 0. The van der Waals surface area contributed by atoms with Crippen molar-refractivity contribution in [3.8, 4) is 11.5 Å². The van der Waals surface area contributed by atoms with E-state index in [0.29, 0.717) is 23.6 Å². The Bertz CT molecular complexity index is 885. The van der Waals surface area contributed by atoms with Crippen molar-refractivity contribution in [1.82, 2.24) is 0 Å². The van der Waals surface area contributed by atoms with E-state index in [4.69, 9.17) is 14.2 Å². The van der Waals surface area contributed by atoms with Crippen LogP contribution in [0.5, 0.6) is 11.5 Å². The highest BCUT2D eigenvalue weighted by atomic mass is 16.5. The van der Waals surface area contributed by atoms with Crippen LogP contribution < -0.4 is 14.8 Å². The van der Waals surface area contributed by atoms with Crippen LogP contribution in [-0.4, -0.2) is 32.7 Å². The topological polar surface area (TPSA) is 73.9 Å². The number of hydrogen-bond acceptors (Lipinski definition) is 5. The van der Waals surface area contributed by atoms with E-state index in [1.807, 2.05) is 31.2 Å². The van der Waals surface area contributed by atoms with E-state index in [0.717, 1.165) is 43.4 Å². The van der Waals surface area contributed by atoms with Gasteiger partial charge in [0.2, 0.25) is 5.91 Å². The minimum absolute atomic E-state index is 0.0665. The molecule has 0 aromatic heterocycles. The van der Waals surface area contributed by atoms with Crippen LogP contribution in [0.1, 0.15) is 54.9 Å². The zero-order valence-corrected chi connectivity index (χ0v) is 17.8. The molecule has 0 aliphatic heterocycles. The summed E-state index contributed by atoms with van der Waals surface area (Å²) in [4.78, 5) is 25.6. The second kappa shape index (κ2) is 9.65. The van der Waals surface area contributed by atoms with E-state index < -0.39 is 11.4 Å². The summed E-state index contributed by atoms with van der Waals surface area (Å²) in [5.41, 5.74) is 1.24. The fourth-order valence-corrected chi connectivity index (χ4v) is 4.00. The number of amides is 1. The van der Waals surface area contributed by atoms with Gasteiger partial charge in [0.15, 0.2) is 0 Å². The smallest absolute Gasteiger partial charge is 0.341 e. The van der Waals surface area contributed by atoms with Gasteiger partial charge in [-0.3, -0.25) is 4.79 Å². The van der Waals surface area contributed by atoms with Crippen LogP contribution in [0.15, 0.2) is 42.5 Å². The van der Waals surface area contributed by atoms with Crippen molar-refractivity contribution in [2.45, 2.75) is 44.4 Å². The van der Waals surface area contributed by atoms with E-state index >= 15 is 0 Å². The van der Waals surface area contributed by atoms with Gasteiger partial charge < -0.3 is 19.5 Å². The minimum Gasteiger partial charge on any atom is -0.497 e. The lowest BCUT2D eigenvalue weighted by Crippen LogP contribution is -2.38. The molecule has 1 fully saturated rings. The highest BCUT2D eigenvalue weighted by Gasteiger charge is 2.42. The van der Waals surface area contributed by atoms with Crippen LogP contribution >= 0.6 is 0 Å². The molecule has 2 aromatic rings. The Kier molecular flexibility index (Phi) is 6.98. The predicted molar refractivity (Wildman–Crippen MR) is 115 cm³/mol. The Balaban J connectivity index is 1.87. The van der Waals surface area contributed by atoms with Crippen molar-refractivity contribution < 1.29 is 23.8 Å². The molecule has 0 saturated heterocycles. The fraction of sp³-hybridized carbons (Fsp3) is 0.417. The number of esters is 1. The number of hydrogen-bond donors (Lipinski definition) is 1. The standard InChI is InChI=1S/C24H29NO5/c1-4-15-30-21-12-9-18(16-20(21)22(26)29-3)25-23(27)24(13-5-6-14-24)17-7-10-19(28-2)11-8-17/h7-12,16H,4-6,13-15H2,1-3H3,(H,25,27). The summed E-state index contributed by atoms with van der Waals surface area (Å²) in [6, 6.07) is 12.8. The van der Waals surface area contributed by atoms with Crippen molar-refractivity contribution in [2.24, 2.45) is 0 Å². The van der Waals surface area contributed by atoms with E-state index in [1.54, 1.807) is 25.3 Å². The van der Waals surface area contributed by atoms with Gasteiger partial charge in [-0.25, -0.2) is 4.79 Å². The van der Waals surface area contributed by atoms with Gasteiger partial charge in [-0.1, -0.05) is 31.9 Å². The van der Waals surface area contributed by atoms with Gasteiger partial charge in [0.05, 0.1) is 26.2 Å². The first-order valence-corrected chi connectivity index (χ1v) is 10.3. The van der Waals surface area contributed by atoms with Gasteiger partial charge in [0.25, 0.3) is 0 Å². The SMILES string of the molecule is CCCOc1ccc(NC(=O)C2(c3ccc(OC)cc3)CCCC2)cc1C(=O)OC. The maximum absolute atomic E-state index is 13.4. The quantitative estimate of drug-likeness (QED) is 0.636. The average Bonchev–Trinajstić information content (AvgIpc) is 3.29. The fourth-order valence-electron chi connectivity index (χ4n) is 4.00. The molecule has 0 bridgehead atoms. The van der Waals surface area contributed by atoms with Crippen LogP contribution in [0.2, 0.25) is 0 Å². The Morgan fingerprint density at radius 2 is 1.73 bits per heavy atom. The van der Waals surface area contributed by atoms with Crippen LogP contribution in [-0.2, 0) is 14.9 Å². The van der Waals surface area contributed by atoms with E-state index in [2.05, 4.69) is 5.32 Å². The summed E-state index contributed by atoms with van der Waals surface area (Å²) in [5, 5.41) is 3.02. The van der Waals surface area contributed by atoms with Gasteiger partial charge in [0, 0.05) is 5.69 Å². The van der Waals surface area contributed by atoms with Crippen molar-refractivity contribution in [3.05, 3.63) is 53.6 Å². The Hall–Kier alpha value is -3.02. The van der Waals surface area contributed by atoms with E-state index in [1.165, 1.54) is 7.11 Å². The molecule has 6 heteroatoms. The summed E-state index contributed by atoms with van der Waals surface area (Å²) in [6.45, 7) is 2.49. The molecule has 1 aliphatic rings. The maximum Gasteiger partial charge on any atom is 0.341 e. The molecule has 0 atom stereocenters. The second-order valence-corrected chi connectivity index (χ2v) is 7.52. The number of carbonyl (C=O) groups excluding carboxylic acids is 2. The molecule has 160 valence electrons. The molecule has 1 aliphatic carbocycles. The predicted octanol–water partition coefficient (Wildman–Crippen LogP) is 4.72. The molecule has 6 nitrogen and oxygen atoms in total. The average molecular weight is 411 g/mol. The molecule has 0 spiro atoms. The van der Waals surface area contributed by atoms with Crippen LogP contribution in [0.25, 0.3) is 0 Å². The molecule has 30 heavy (non-hydrogen) atoms. The first-order valence-electron chi connectivity index (χ1n) is 10.3. The molecule has 2 aromatic carbocycles. The van der Waals surface area contributed by atoms with Crippen LogP contribution in [0.3, 0.4) is 0 Å². The third-order valence-corrected chi connectivity index (χ3v) is 5.64. The Morgan fingerprint density at radius 3 is 2.33 bits per heavy atom. The first-order chi connectivity index (χ1) is 14.5. The maximum atomic E-state index is 13.4. The van der Waals surface area contributed by atoms with Gasteiger partial charge in [-0.2, -0.15) is 0 Å². The Morgan fingerprint density at radius 1 is 1.03 bits per heavy atom. The van der Waals surface area contributed by atoms with Gasteiger partial charge in [0.1, 0.15) is 17.1 Å². The van der Waals surface area contributed by atoms with E-state index in [9.17, 15) is 9.59 Å². The van der Waals surface area contributed by atoms with Gasteiger partial charge >= 0.3 is 5.97 Å². The van der Waals surface area contributed by atoms with E-state index in [-0.39, 0.29) is 5.91 Å². The molecule has 1 saturated carbocycles. The minimum atomic E-state index is -0.588. The second-order valence-electron chi connectivity index (χ2n) is 7.52. The van der Waals surface area contributed by atoms with Gasteiger partial charge in [-0.15, -0.1) is 0 Å². The first kappa shape index (κ1) is 21.7. The monoisotopic (exact) mass is 411 g/mol. The van der Waals surface area contributed by atoms with Gasteiger partial charge in [-0.05, 0) is 55.2 Å². The molecule has 0 heterocycles. The molecule has 1 N–H and O–H groups in total. The third kappa shape index (κ3) is 4.42. The highest BCUT2D eigenvalue weighted by molar-refractivity contribution is 6.01. The normalized spacial score (nSPS) is 14.8. The number of anilines is 1. The van der Waals surface area contributed by atoms with Crippen molar-refractivity contribution in [2.75, 3.05) is 26.1 Å². The number of nitrogens with one attached hydrogen (secondary N) is 1. The number of ether oxygens (including phenoxy) is 3. The Labute approximate surface area is 177 Å². The van der Waals surface area contributed by atoms with Crippen molar-refractivity contribution in [1.29, 1.82) is 0 Å². The molecule has 3 rings (SSSR count). The molecular weight excluding hydrogens is 382 g/mol. The van der Waals surface area contributed by atoms with Crippen molar-refractivity contribution in [3.63, 3.8) is 0 Å². The lowest BCUT2D eigenvalue weighted by atomic mass is 9.78. The molecule has 1 amide bonds. The highest BCUT2D eigenvalue weighted by Crippen LogP contribution is 2.42. The number of benzene rings is 2. The summed E-state index contributed by atoms with van der Waals surface area (Å²) in [6.07, 6.45) is 4.39. The van der Waals surface area contributed by atoms with Crippen LogP contribution in [0, 0.1) is 0 Å². The number of rotatable bonds is 8. The lowest BCUT2D eigenvalue weighted by molar-refractivity contribution is -0.121. The van der Waals surface area contributed by atoms with Crippen molar-refractivity contribution >= 4 is 17.6 Å². The number of carbonyl (C=O) groups is 2. The summed E-state index contributed by atoms with van der Waals surface area (Å²) < 4.78 is 15.8. The zero-order valence-electron chi connectivity index (χ0n) is 17.8. The zero-order chi connectivity index (χ0) is 21.6. The lowest BCUT2D eigenvalue weighted by Gasteiger charge is -2.28.